The molecule has 0 aliphatic rings. The van der Waals surface area contributed by atoms with Crippen LogP contribution in [-0.2, 0) is 4.74 Å². The van der Waals surface area contributed by atoms with Gasteiger partial charge in [0.2, 0.25) is 0 Å². The lowest BCUT2D eigenvalue weighted by Crippen LogP contribution is -2.29. The van der Waals surface area contributed by atoms with Crippen molar-refractivity contribution in [1.29, 1.82) is 0 Å². The van der Waals surface area contributed by atoms with E-state index in [1.807, 2.05) is 49.2 Å². The van der Waals surface area contributed by atoms with Gasteiger partial charge < -0.3 is 14.6 Å². The molecule has 0 amide bonds. The summed E-state index contributed by atoms with van der Waals surface area (Å²) in [5.41, 5.74) is 2.30. The number of fused-ring (bicyclic) bond motifs is 1. The largest absolute Gasteiger partial charge is 0.465 e. The smallest absolute Gasteiger partial charge is 0.337 e. The number of rotatable bonds is 4. The highest BCUT2D eigenvalue weighted by molar-refractivity contribution is 5.93. The number of hydrogen-bond acceptors (Lipinski definition) is 5. The molecule has 0 fully saturated rings. The van der Waals surface area contributed by atoms with Crippen LogP contribution in [0.2, 0.25) is 0 Å². The van der Waals surface area contributed by atoms with E-state index in [0.29, 0.717) is 22.4 Å². The number of carbonyl (C=O) groups excluding carboxylic acids is 1. The third-order valence-electron chi connectivity index (χ3n) is 4.29. The number of nitrogens with one attached hydrogen (secondary N) is 1. The third-order valence-corrected chi connectivity index (χ3v) is 4.29. The first kappa shape index (κ1) is 16.7. The van der Waals surface area contributed by atoms with Crippen molar-refractivity contribution in [1.82, 2.24) is 9.97 Å². The van der Waals surface area contributed by atoms with Crippen molar-refractivity contribution >= 4 is 22.8 Å². The van der Waals surface area contributed by atoms with Crippen LogP contribution in [0.5, 0.6) is 0 Å². The molecule has 3 rings (SSSR count). The van der Waals surface area contributed by atoms with Gasteiger partial charge in [0.25, 0.3) is 5.56 Å². The molecular weight excluding hydrogens is 318 g/mol. The molecule has 0 aliphatic carbocycles. The molecule has 1 aromatic heterocycles. The van der Waals surface area contributed by atoms with E-state index in [2.05, 4.69) is 9.97 Å². The van der Waals surface area contributed by atoms with Crippen molar-refractivity contribution in [3.63, 3.8) is 0 Å². The monoisotopic (exact) mass is 339 g/mol. The Labute approximate surface area is 146 Å². The molecule has 0 unspecified atom stereocenters. The van der Waals surface area contributed by atoms with Crippen molar-refractivity contribution < 1.29 is 11.0 Å². The zero-order chi connectivity index (χ0) is 18.0. The number of aromatic nitrogens is 2. The second-order valence-electron chi connectivity index (χ2n) is 5.81. The Morgan fingerprint density at radius 2 is 1.96 bits per heavy atom. The molecule has 2 aromatic carbocycles. The number of methoxy groups -OCH3 is 1. The van der Waals surface area contributed by atoms with Crippen LogP contribution in [0.1, 0.15) is 30.3 Å². The second kappa shape index (κ2) is 6.76. The van der Waals surface area contributed by atoms with Gasteiger partial charge in [-0.3, -0.25) is 4.79 Å². The van der Waals surface area contributed by atoms with E-state index in [9.17, 15) is 9.59 Å². The summed E-state index contributed by atoms with van der Waals surface area (Å²) in [7, 11) is 3.15. The van der Waals surface area contributed by atoms with Crippen LogP contribution < -0.4 is 10.5 Å². The lowest BCUT2D eigenvalue weighted by atomic mass is 10.1. The van der Waals surface area contributed by atoms with Gasteiger partial charge in [-0.05, 0) is 30.7 Å². The SMILES string of the molecule is COC(=O)c1ccc2[nH]c(=O)c(N(C)[C@@H](C)c3ccccc3)nc2c1.[HH]. The lowest BCUT2D eigenvalue weighted by molar-refractivity contribution is 0.0601. The molecule has 25 heavy (non-hydrogen) atoms. The normalized spacial score (nSPS) is 12.0. The summed E-state index contributed by atoms with van der Waals surface area (Å²) < 4.78 is 4.73. The van der Waals surface area contributed by atoms with Gasteiger partial charge >= 0.3 is 5.97 Å². The van der Waals surface area contributed by atoms with Crippen molar-refractivity contribution in [2.75, 3.05) is 19.1 Å². The molecule has 0 spiro atoms. The number of aromatic amines is 1. The number of ether oxygens (including phenoxy) is 1. The fourth-order valence-electron chi connectivity index (χ4n) is 2.70. The van der Waals surface area contributed by atoms with E-state index in [4.69, 9.17) is 4.74 Å². The minimum atomic E-state index is -0.442. The lowest BCUT2D eigenvalue weighted by Gasteiger charge is -2.25. The van der Waals surface area contributed by atoms with Crippen LogP contribution >= 0.6 is 0 Å². The Morgan fingerprint density at radius 1 is 1.24 bits per heavy atom. The van der Waals surface area contributed by atoms with Crippen molar-refractivity contribution in [2.45, 2.75) is 13.0 Å². The standard InChI is InChI=1S/C19H19N3O3.H2/c1-12(13-7-5-4-6-8-13)22(2)17-18(23)21-15-10-9-14(19(24)25-3)11-16(15)20-17;/h4-12H,1-3H3,(H,21,23);1H/t12-;/m0./s1. The van der Waals surface area contributed by atoms with E-state index in [-0.39, 0.29) is 13.0 Å². The molecule has 130 valence electrons. The average molecular weight is 339 g/mol. The fraction of sp³-hybridized carbons (Fsp3) is 0.211. The molecule has 0 saturated heterocycles. The van der Waals surface area contributed by atoms with E-state index in [0.717, 1.165) is 5.56 Å². The number of H-pyrrole nitrogens is 1. The molecular formula is C19H21N3O3. The highest BCUT2D eigenvalue weighted by Crippen LogP contribution is 2.22. The maximum Gasteiger partial charge on any atom is 0.337 e. The summed E-state index contributed by atoms with van der Waals surface area (Å²) >= 11 is 0. The molecule has 0 saturated carbocycles. The van der Waals surface area contributed by atoms with Gasteiger partial charge in [-0.25, -0.2) is 9.78 Å². The molecule has 1 heterocycles. The topological polar surface area (TPSA) is 75.3 Å². The number of benzene rings is 2. The number of anilines is 1. The summed E-state index contributed by atoms with van der Waals surface area (Å²) in [5, 5.41) is 0. The van der Waals surface area contributed by atoms with Gasteiger partial charge in [-0.15, -0.1) is 0 Å². The zero-order valence-corrected chi connectivity index (χ0v) is 14.3. The predicted octanol–water partition coefficient (Wildman–Crippen LogP) is 3.15. The van der Waals surface area contributed by atoms with E-state index in [1.165, 1.54) is 7.11 Å². The van der Waals surface area contributed by atoms with Crippen LogP contribution in [0.25, 0.3) is 11.0 Å². The summed E-state index contributed by atoms with van der Waals surface area (Å²) in [6.07, 6.45) is 0. The van der Waals surface area contributed by atoms with Gasteiger partial charge in [0.1, 0.15) is 0 Å². The number of esters is 1. The number of carbonyl (C=O) groups is 1. The maximum absolute atomic E-state index is 12.4. The van der Waals surface area contributed by atoms with Crippen molar-refractivity contribution in [2.24, 2.45) is 0 Å². The van der Waals surface area contributed by atoms with E-state index >= 15 is 0 Å². The Balaban J connectivity index is 0.00000243. The molecule has 0 aliphatic heterocycles. The minimum absolute atomic E-state index is 0. The zero-order valence-electron chi connectivity index (χ0n) is 14.3. The first-order valence-corrected chi connectivity index (χ1v) is 7.91. The first-order chi connectivity index (χ1) is 12.0. The fourth-order valence-corrected chi connectivity index (χ4v) is 2.70. The molecule has 1 N–H and O–H groups in total. The molecule has 0 radical (unpaired) electrons. The average Bonchev–Trinajstić information content (AvgIpc) is 2.66. The summed E-state index contributed by atoms with van der Waals surface area (Å²) in [6, 6.07) is 14.7. The molecule has 6 nitrogen and oxygen atoms in total. The van der Waals surface area contributed by atoms with Gasteiger partial charge in [0.05, 0.1) is 29.7 Å². The molecule has 6 heteroatoms. The van der Waals surface area contributed by atoms with Crippen LogP contribution in [0, 0.1) is 0 Å². The summed E-state index contributed by atoms with van der Waals surface area (Å²) in [6.45, 7) is 2.01. The third kappa shape index (κ3) is 3.24. The minimum Gasteiger partial charge on any atom is -0.465 e. The van der Waals surface area contributed by atoms with Crippen LogP contribution in [0.3, 0.4) is 0 Å². The Morgan fingerprint density at radius 3 is 2.64 bits per heavy atom. The summed E-state index contributed by atoms with van der Waals surface area (Å²) in [5.74, 6) is -0.145. The first-order valence-electron chi connectivity index (χ1n) is 7.91. The summed E-state index contributed by atoms with van der Waals surface area (Å²) in [4.78, 5) is 33.2. The van der Waals surface area contributed by atoms with Crippen LogP contribution in [0.4, 0.5) is 5.82 Å². The quantitative estimate of drug-likeness (QED) is 0.739. The molecule has 1 atom stereocenters. The Hall–Kier alpha value is -3.15. The van der Waals surface area contributed by atoms with Gasteiger partial charge in [-0.2, -0.15) is 0 Å². The molecule has 0 bridgehead atoms. The van der Waals surface area contributed by atoms with Crippen LogP contribution in [0.15, 0.2) is 53.3 Å². The van der Waals surface area contributed by atoms with Crippen molar-refractivity contribution in [3.8, 4) is 0 Å². The van der Waals surface area contributed by atoms with Crippen LogP contribution in [-0.4, -0.2) is 30.1 Å². The van der Waals surface area contributed by atoms with E-state index < -0.39 is 5.97 Å². The maximum atomic E-state index is 12.4. The van der Waals surface area contributed by atoms with Gasteiger partial charge in [0.15, 0.2) is 5.82 Å². The predicted molar refractivity (Wildman–Crippen MR) is 99.1 cm³/mol. The van der Waals surface area contributed by atoms with Crippen molar-refractivity contribution in [3.05, 3.63) is 70.0 Å². The van der Waals surface area contributed by atoms with Gasteiger partial charge in [-0.1, -0.05) is 30.3 Å². The molecule has 3 aromatic rings. The second-order valence-corrected chi connectivity index (χ2v) is 5.81. The number of nitrogens with zero attached hydrogens (tertiary/aromatic N) is 2. The van der Waals surface area contributed by atoms with E-state index in [1.54, 1.807) is 18.2 Å². The highest BCUT2D eigenvalue weighted by atomic mass is 16.5. The Bertz CT molecular complexity index is 973. The highest BCUT2D eigenvalue weighted by Gasteiger charge is 2.17. The Kier molecular flexibility index (Phi) is 4.52. The number of hydrogen-bond donors (Lipinski definition) is 1. The van der Waals surface area contributed by atoms with Gasteiger partial charge in [0, 0.05) is 8.47 Å².